The molecule has 0 aliphatic rings. The minimum absolute atomic E-state index is 0.278. The van der Waals surface area contributed by atoms with Gasteiger partial charge < -0.3 is 19.0 Å². The lowest BCUT2D eigenvalue weighted by Crippen LogP contribution is -2.34. The van der Waals surface area contributed by atoms with E-state index in [1.54, 1.807) is 6.26 Å². The average Bonchev–Trinajstić information content (AvgIpc) is 3.48. The van der Waals surface area contributed by atoms with Gasteiger partial charge in [0.2, 0.25) is 5.88 Å². The van der Waals surface area contributed by atoms with Crippen molar-refractivity contribution in [2.24, 2.45) is 0 Å². The number of rotatable bonds is 12. The maximum absolute atomic E-state index is 10.6. The van der Waals surface area contributed by atoms with Crippen LogP contribution in [0.5, 0.6) is 11.6 Å². The summed E-state index contributed by atoms with van der Waals surface area (Å²) in [5, 5.41) is 15.4. The Morgan fingerprint density at radius 2 is 1.77 bits per heavy atom. The van der Waals surface area contributed by atoms with Crippen molar-refractivity contribution in [2.75, 3.05) is 19.8 Å². The first kappa shape index (κ1) is 24.7. The first-order valence-corrected chi connectivity index (χ1v) is 11.9. The van der Waals surface area contributed by atoms with E-state index in [-0.39, 0.29) is 6.61 Å². The Labute approximate surface area is 206 Å². The molecular formula is C28H33N3O4. The highest BCUT2D eigenvalue weighted by Gasteiger charge is 2.23. The van der Waals surface area contributed by atoms with E-state index in [2.05, 4.69) is 4.90 Å². The number of hydrogen-bond acceptors (Lipinski definition) is 6. The van der Waals surface area contributed by atoms with Crippen molar-refractivity contribution in [3.8, 4) is 17.3 Å². The second-order valence-electron chi connectivity index (χ2n) is 8.59. The van der Waals surface area contributed by atoms with Gasteiger partial charge in [-0.05, 0) is 57.2 Å². The maximum Gasteiger partial charge on any atom is 0.227 e. The summed E-state index contributed by atoms with van der Waals surface area (Å²) in [6.45, 7) is 8.27. The van der Waals surface area contributed by atoms with Crippen LogP contribution in [0.25, 0.3) is 5.69 Å². The van der Waals surface area contributed by atoms with Gasteiger partial charge >= 0.3 is 0 Å². The van der Waals surface area contributed by atoms with Gasteiger partial charge in [-0.1, -0.05) is 35.9 Å². The molecule has 0 aliphatic heterocycles. The molecule has 1 atom stereocenters. The molecule has 7 nitrogen and oxygen atoms in total. The van der Waals surface area contributed by atoms with Gasteiger partial charge in [-0.25, -0.2) is 4.68 Å². The van der Waals surface area contributed by atoms with E-state index in [0.29, 0.717) is 32.1 Å². The smallest absolute Gasteiger partial charge is 0.227 e. The lowest BCUT2D eigenvalue weighted by molar-refractivity contribution is 0.0166. The minimum Gasteiger partial charge on any atom is -0.468 e. The van der Waals surface area contributed by atoms with Crippen molar-refractivity contribution in [1.82, 2.24) is 14.7 Å². The molecule has 2 aromatic carbocycles. The lowest BCUT2D eigenvalue weighted by atomic mass is 10.2. The number of hydrogen-bond donors (Lipinski definition) is 1. The Morgan fingerprint density at radius 3 is 2.46 bits per heavy atom. The summed E-state index contributed by atoms with van der Waals surface area (Å²) >= 11 is 0. The molecule has 1 N–H and O–H groups in total. The van der Waals surface area contributed by atoms with Crippen molar-refractivity contribution < 1.29 is 19.0 Å². The van der Waals surface area contributed by atoms with Gasteiger partial charge in [0, 0.05) is 19.7 Å². The number of nitrogens with zero attached hydrogens (tertiary/aromatic N) is 3. The van der Waals surface area contributed by atoms with Crippen LogP contribution in [0.4, 0.5) is 0 Å². The second-order valence-corrected chi connectivity index (χ2v) is 8.59. The van der Waals surface area contributed by atoms with E-state index < -0.39 is 6.10 Å². The second kappa shape index (κ2) is 11.8. The summed E-state index contributed by atoms with van der Waals surface area (Å²) in [6.07, 6.45) is 1.03. The molecular weight excluding hydrogens is 442 g/mol. The van der Waals surface area contributed by atoms with Crippen LogP contribution in [0.1, 0.15) is 29.5 Å². The fraction of sp³-hybridized carbons (Fsp3) is 0.321. The zero-order chi connectivity index (χ0) is 24.6. The van der Waals surface area contributed by atoms with Crippen LogP contribution < -0.4 is 4.74 Å². The van der Waals surface area contributed by atoms with Crippen LogP contribution >= 0.6 is 0 Å². The fourth-order valence-corrected chi connectivity index (χ4v) is 3.92. The van der Waals surface area contributed by atoms with Crippen molar-refractivity contribution in [1.29, 1.82) is 0 Å². The molecule has 0 saturated carbocycles. The largest absolute Gasteiger partial charge is 0.468 e. The first-order valence-electron chi connectivity index (χ1n) is 11.9. The lowest BCUT2D eigenvalue weighted by Gasteiger charge is -2.24. The molecule has 0 saturated heterocycles. The van der Waals surface area contributed by atoms with Crippen LogP contribution in [0.3, 0.4) is 0 Å². The zero-order valence-electron chi connectivity index (χ0n) is 20.6. The molecule has 2 heterocycles. The Morgan fingerprint density at radius 1 is 1.00 bits per heavy atom. The molecule has 0 unspecified atom stereocenters. The molecule has 0 fully saturated rings. The number of aliphatic hydroxyl groups excluding tert-OH is 1. The van der Waals surface area contributed by atoms with Gasteiger partial charge in [0.15, 0.2) is 0 Å². The van der Waals surface area contributed by atoms with Gasteiger partial charge in [-0.2, -0.15) is 5.10 Å². The highest BCUT2D eigenvalue weighted by molar-refractivity contribution is 5.43. The van der Waals surface area contributed by atoms with E-state index in [9.17, 15) is 5.11 Å². The summed E-state index contributed by atoms with van der Waals surface area (Å²) < 4.78 is 19.3. The summed E-state index contributed by atoms with van der Waals surface area (Å²) in [4.78, 5) is 2.13. The molecule has 0 aliphatic carbocycles. The Bertz CT molecular complexity index is 1170. The molecule has 2 aromatic heterocycles. The number of ether oxygens (including phenoxy) is 2. The number of aliphatic hydroxyl groups is 1. The third kappa shape index (κ3) is 6.60. The van der Waals surface area contributed by atoms with E-state index >= 15 is 0 Å². The van der Waals surface area contributed by atoms with Gasteiger partial charge in [0.25, 0.3) is 0 Å². The Kier molecular flexibility index (Phi) is 8.36. The molecule has 7 heteroatoms. The normalized spacial score (nSPS) is 12.3. The predicted molar refractivity (Wildman–Crippen MR) is 135 cm³/mol. The van der Waals surface area contributed by atoms with Crippen molar-refractivity contribution in [3.63, 3.8) is 0 Å². The number of aryl methyl sites for hydroxylation is 2. The van der Waals surface area contributed by atoms with Gasteiger partial charge in [0.05, 0.1) is 42.5 Å². The number of para-hydroxylation sites is 1. The highest BCUT2D eigenvalue weighted by atomic mass is 16.5. The number of aromatic nitrogens is 2. The molecule has 0 bridgehead atoms. The monoisotopic (exact) mass is 475 g/mol. The first-order chi connectivity index (χ1) is 17.0. The third-order valence-corrected chi connectivity index (χ3v) is 5.70. The predicted octanol–water partition coefficient (Wildman–Crippen LogP) is 5.27. The van der Waals surface area contributed by atoms with Crippen molar-refractivity contribution >= 4 is 0 Å². The molecule has 35 heavy (non-hydrogen) atoms. The van der Waals surface area contributed by atoms with Crippen LogP contribution in [0, 0.1) is 13.8 Å². The van der Waals surface area contributed by atoms with Gasteiger partial charge in [-0.3, -0.25) is 4.90 Å². The quantitative estimate of drug-likeness (QED) is 0.301. The number of furan rings is 1. The topological polar surface area (TPSA) is 72.9 Å². The maximum atomic E-state index is 10.6. The van der Waals surface area contributed by atoms with Crippen molar-refractivity contribution in [2.45, 2.75) is 40.0 Å². The summed E-state index contributed by atoms with van der Waals surface area (Å²) in [5.74, 6) is 2.21. The standard InChI is InChI=1S/C28H33N3O4/c1-4-33-20-24(32)17-30(18-26-11-8-16-34-26)19-27-22(3)29-31(23-9-6-5-7-10-23)28(27)35-25-14-12-21(2)13-15-25/h5-16,24,32H,4,17-20H2,1-3H3/t24-/m1/s1. The van der Waals surface area contributed by atoms with Crippen LogP contribution in [-0.2, 0) is 17.8 Å². The van der Waals surface area contributed by atoms with Crippen molar-refractivity contribution in [3.05, 3.63) is 95.6 Å². The van der Waals surface area contributed by atoms with E-state index in [4.69, 9.17) is 19.0 Å². The summed E-state index contributed by atoms with van der Waals surface area (Å²) in [5.41, 5.74) is 3.89. The number of benzene rings is 2. The molecule has 4 rings (SSSR count). The molecule has 0 amide bonds. The third-order valence-electron chi connectivity index (χ3n) is 5.70. The van der Waals surface area contributed by atoms with E-state index in [1.807, 2.05) is 92.2 Å². The molecule has 4 aromatic rings. The zero-order valence-corrected chi connectivity index (χ0v) is 20.6. The minimum atomic E-state index is -0.629. The van der Waals surface area contributed by atoms with Crippen LogP contribution in [0.15, 0.2) is 77.4 Å². The van der Waals surface area contributed by atoms with Gasteiger partial charge in [0.1, 0.15) is 11.5 Å². The molecule has 184 valence electrons. The van der Waals surface area contributed by atoms with Crippen LogP contribution in [-0.4, -0.2) is 45.6 Å². The molecule has 0 spiro atoms. The van der Waals surface area contributed by atoms with E-state index in [0.717, 1.165) is 28.5 Å². The summed E-state index contributed by atoms with van der Waals surface area (Å²) in [7, 11) is 0. The van der Waals surface area contributed by atoms with E-state index in [1.165, 1.54) is 5.56 Å². The van der Waals surface area contributed by atoms with Gasteiger partial charge in [-0.15, -0.1) is 0 Å². The Balaban J connectivity index is 1.68. The summed E-state index contributed by atoms with van der Waals surface area (Å²) in [6, 6.07) is 21.7. The average molecular weight is 476 g/mol. The van der Waals surface area contributed by atoms with Crippen LogP contribution in [0.2, 0.25) is 0 Å². The fourth-order valence-electron chi connectivity index (χ4n) is 3.92. The highest BCUT2D eigenvalue weighted by Crippen LogP contribution is 2.32. The molecule has 0 radical (unpaired) electrons. The SMILES string of the molecule is CCOC[C@H](O)CN(Cc1ccco1)Cc1c(C)nn(-c2ccccc2)c1Oc1ccc(C)cc1. The Hall–Kier alpha value is -3.39.